The van der Waals surface area contributed by atoms with Crippen LogP contribution in [0.25, 0.3) is 17.1 Å². The quantitative estimate of drug-likeness (QED) is 0.333. The van der Waals surface area contributed by atoms with Crippen LogP contribution < -0.4 is 5.32 Å². The van der Waals surface area contributed by atoms with E-state index < -0.39 is 0 Å². The van der Waals surface area contributed by atoms with Gasteiger partial charge in [0.1, 0.15) is 0 Å². The number of benzene rings is 3. The molecule has 1 heterocycles. The van der Waals surface area contributed by atoms with Gasteiger partial charge in [0, 0.05) is 21.4 Å². The molecule has 0 bridgehead atoms. The van der Waals surface area contributed by atoms with Gasteiger partial charge in [0.2, 0.25) is 5.91 Å². The van der Waals surface area contributed by atoms with Gasteiger partial charge in [-0.3, -0.25) is 9.36 Å². The van der Waals surface area contributed by atoms with Crippen molar-refractivity contribution < 1.29 is 4.79 Å². The first-order valence-corrected chi connectivity index (χ1v) is 11.6. The van der Waals surface area contributed by atoms with Crippen LogP contribution in [0.1, 0.15) is 11.1 Å². The van der Waals surface area contributed by atoms with Crippen LogP contribution in [0.15, 0.2) is 82.4 Å². The Bertz CT molecular complexity index is 1210. The lowest BCUT2D eigenvalue weighted by molar-refractivity contribution is -0.113. The second-order valence-electron chi connectivity index (χ2n) is 7.14. The zero-order chi connectivity index (χ0) is 21.8. The number of thioether (sulfide) groups is 1. The molecule has 7 heteroatoms. The van der Waals surface area contributed by atoms with Gasteiger partial charge in [-0.1, -0.05) is 75.7 Å². The standard InChI is InChI=1S/C24H21BrN4OS/c1-16-8-10-18(11-9-16)23-27-28-24(29(23)20-6-4-3-5-7-20)31-15-22(30)26-19-12-13-21(25)17(2)14-19/h3-14H,15H2,1-2H3,(H,26,30). The molecule has 4 rings (SSSR count). The first-order valence-electron chi connectivity index (χ1n) is 9.78. The van der Waals surface area contributed by atoms with Gasteiger partial charge in [0.25, 0.3) is 0 Å². The van der Waals surface area contributed by atoms with E-state index in [0.29, 0.717) is 5.16 Å². The summed E-state index contributed by atoms with van der Waals surface area (Å²) < 4.78 is 3.01. The van der Waals surface area contributed by atoms with Crippen molar-refractivity contribution in [3.8, 4) is 17.1 Å². The van der Waals surface area contributed by atoms with Crippen molar-refractivity contribution in [3.63, 3.8) is 0 Å². The van der Waals surface area contributed by atoms with Crippen LogP contribution in [0.2, 0.25) is 0 Å². The van der Waals surface area contributed by atoms with Crippen molar-refractivity contribution in [1.82, 2.24) is 14.8 Å². The predicted molar refractivity (Wildman–Crippen MR) is 130 cm³/mol. The molecule has 156 valence electrons. The monoisotopic (exact) mass is 492 g/mol. The van der Waals surface area contributed by atoms with E-state index in [4.69, 9.17) is 0 Å². The molecule has 0 aliphatic carbocycles. The van der Waals surface area contributed by atoms with Gasteiger partial charge < -0.3 is 5.32 Å². The topological polar surface area (TPSA) is 59.8 Å². The third-order valence-electron chi connectivity index (χ3n) is 4.73. The number of hydrogen-bond donors (Lipinski definition) is 1. The van der Waals surface area contributed by atoms with E-state index in [0.717, 1.165) is 32.8 Å². The largest absolute Gasteiger partial charge is 0.325 e. The van der Waals surface area contributed by atoms with Gasteiger partial charge >= 0.3 is 0 Å². The maximum atomic E-state index is 12.5. The lowest BCUT2D eigenvalue weighted by Gasteiger charge is -2.11. The molecule has 1 N–H and O–H groups in total. The van der Waals surface area contributed by atoms with Crippen LogP contribution in [0.3, 0.4) is 0 Å². The number of carbonyl (C=O) groups excluding carboxylic acids is 1. The van der Waals surface area contributed by atoms with Crippen molar-refractivity contribution in [3.05, 3.63) is 88.4 Å². The molecule has 0 aliphatic heterocycles. The zero-order valence-corrected chi connectivity index (χ0v) is 19.6. The summed E-state index contributed by atoms with van der Waals surface area (Å²) in [5, 5.41) is 12.4. The van der Waals surface area contributed by atoms with Gasteiger partial charge in [-0.25, -0.2) is 0 Å². The molecule has 31 heavy (non-hydrogen) atoms. The van der Waals surface area contributed by atoms with Gasteiger partial charge in [0.05, 0.1) is 5.75 Å². The van der Waals surface area contributed by atoms with E-state index in [9.17, 15) is 4.79 Å². The van der Waals surface area contributed by atoms with Crippen LogP contribution in [0.4, 0.5) is 5.69 Å². The molecule has 0 saturated carbocycles. The molecule has 0 saturated heterocycles. The van der Waals surface area contributed by atoms with Gasteiger partial charge in [-0.15, -0.1) is 10.2 Å². The maximum Gasteiger partial charge on any atom is 0.234 e. The van der Waals surface area contributed by atoms with Crippen molar-refractivity contribution in [2.75, 3.05) is 11.1 Å². The molecular formula is C24H21BrN4OS. The number of anilines is 1. The third-order valence-corrected chi connectivity index (χ3v) is 6.55. The minimum absolute atomic E-state index is 0.0915. The van der Waals surface area contributed by atoms with Crippen molar-refractivity contribution >= 4 is 39.3 Å². The number of nitrogens with zero attached hydrogens (tertiary/aromatic N) is 3. The zero-order valence-electron chi connectivity index (χ0n) is 17.2. The number of amides is 1. The van der Waals surface area contributed by atoms with Crippen LogP contribution in [-0.4, -0.2) is 26.4 Å². The van der Waals surface area contributed by atoms with E-state index in [1.165, 1.54) is 17.3 Å². The Morgan fingerprint density at radius 1 is 1.00 bits per heavy atom. The number of nitrogens with one attached hydrogen (secondary N) is 1. The molecule has 0 radical (unpaired) electrons. The highest BCUT2D eigenvalue weighted by Crippen LogP contribution is 2.28. The molecular weight excluding hydrogens is 472 g/mol. The predicted octanol–water partition coefficient (Wildman–Crippen LogP) is 6.04. The minimum Gasteiger partial charge on any atom is -0.325 e. The summed E-state index contributed by atoms with van der Waals surface area (Å²) in [5.74, 6) is 0.886. The number of aromatic nitrogens is 3. The summed E-state index contributed by atoms with van der Waals surface area (Å²) in [6, 6.07) is 23.9. The fraction of sp³-hybridized carbons (Fsp3) is 0.125. The molecule has 1 amide bonds. The molecule has 0 unspecified atom stereocenters. The van der Waals surface area contributed by atoms with E-state index in [1.807, 2.05) is 72.2 Å². The molecule has 0 fully saturated rings. The molecule has 5 nitrogen and oxygen atoms in total. The lowest BCUT2D eigenvalue weighted by atomic mass is 10.1. The highest BCUT2D eigenvalue weighted by Gasteiger charge is 2.17. The summed E-state index contributed by atoms with van der Waals surface area (Å²) in [6.07, 6.45) is 0. The average molecular weight is 493 g/mol. The smallest absolute Gasteiger partial charge is 0.234 e. The first-order chi connectivity index (χ1) is 15.0. The van der Waals surface area contributed by atoms with Gasteiger partial charge in [0.15, 0.2) is 11.0 Å². The summed E-state index contributed by atoms with van der Waals surface area (Å²) in [5.41, 5.74) is 4.95. The Balaban J connectivity index is 1.57. The number of para-hydroxylation sites is 1. The molecule has 3 aromatic carbocycles. The van der Waals surface area contributed by atoms with Crippen molar-refractivity contribution in [2.24, 2.45) is 0 Å². The average Bonchev–Trinajstić information content (AvgIpc) is 3.20. The Morgan fingerprint density at radius 2 is 1.74 bits per heavy atom. The van der Waals surface area contributed by atoms with Crippen molar-refractivity contribution in [1.29, 1.82) is 0 Å². The fourth-order valence-corrected chi connectivity index (χ4v) is 4.11. The van der Waals surface area contributed by atoms with E-state index in [1.54, 1.807) is 0 Å². The SMILES string of the molecule is Cc1ccc(-c2nnc(SCC(=O)Nc3ccc(Br)c(C)c3)n2-c2ccccc2)cc1. The van der Waals surface area contributed by atoms with E-state index in [2.05, 4.69) is 50.5 Å². The number of rotatable bonds is 6. The van der Waals surface area contributed by atoms with Gasteiger partial charge in [-0.05, 0) is 49.7 Å². The number of hydrogen-bond acceptors (Lipinski definition) is 4. The highest BCUT2D eigenvalue weighted by molar-refractivity contribution is 9.10. The second kappa shape index (κ2) is 9.49. The number of aryl methyl sites for hydroxylation is 2. The number of carbonyl (C=O) groups is 1. The minimum atomic E-state index is -0.0915. The van der Waals surface area contributed by atoms with Crippen LogP contribution in [0.5, 0.6) is 0 Å². The third kappa shape index (κ3) is 5.06. The molecule has 1 aromatic heterocycles. The number of halogens is 1. The molecule has 0 aliphatic rings. The van der Waals surface area contributed by atoms with Crippen LogP contribution in [-0.2, 0) is 4.79 Å². The van der Waals surface area contributed by atoms with Crippen LogP contribution in [0, 0.1) is 13.8 Å². The molecule has 0 spiro atoms. The normalized spacial score (nSPS) is 10.8. The Labute approximate surface area is 194 Å². The highest BCUT2D eigenvalue weighted by atomic mass is 79.9. The summed E-state index contributed by atoms with van der Waals surface area (Å²) in [4.78, 5) is 12.5. The lowest BCUT2D eigenvalue weighted by Crippen LogP contribution is -2.14. The Morgan fingerprint density at radius 3 is 2.45 bits per heavy atom. The summed E-state index contributed by atoms with van der Waals surface area (Å²) in [7, 11) is 0. The van der Waals surface area contributed by atoms with E-state index >= 15 is 0 Å². The second-order valence-corrected chi connectivity index (χ2v) is 8.94. The molecule has 4 aromatic rings. The van der Waals surface area contributed by atoms with E-state index in [-0.39, 0.29) is 11.7 Å². The van der Waals surface area contributed by atoms with Crippen LogP contribution >= 0.6 is 27.7 Å². The summed E-state index contributed by atoms with van der Waals surface area (Å²) >= 11 is 4.84. The van der Waals surface area contributed by atoms with Gasteiger partial charge in [-0.2, -0.15) is 0 Å². The fourth-order valence-electron chi connectivity index (χ4n) is 3.11. The molecule has 0 atom stereocenters. The Kier molecular flexibility index (Phi) is 6.53. The Hall–Kier alpha value is -2.90. The summed E-state index contributed by atoms with van der Waals surface area (Å²) in [6.45, 7) is 4.04. The maximum absolute atomic E-state index is 12.5. The van der Waals surface area contributed by atoms with Crippen molar-refractivity contribution in [2.45, 2.75) is 19.0 Å². The first kappa shape index (κ1) is 21.3.